The summed E-state index contributed by atoms with van der Waals surface area (Å²) in [5.74, 6) is 0. The van der Waals surface area contributed by atoms with Gasteiger partial charge in [0, 0.05) is 5.02 Å². The highest BCUT2D eigenvalue weighted by Crippen LogP contribution is 2.49. The SMILES string of the molecule is Clc1ccc2c(c1)-c1cc3ccccc3c3cccc-2c13. The van der Waals surface area contributed by atoms with Gasteiger partial charge in [-0.25, -0.2) is 0 Å². The van der Waals surface area contributed by atoms with Gasteiger partial charge in [0.05, 0.1) is 0 Å². The molecule has 0 aromatic heterocycles. The van der Waals surface area contributed by atoms with E-state index in [1.54, 1.807) is 0 Å². The van der Waals surface area contributed by atoms with Crippen LogP contribution in [0.3, 0.4) is 0 Å². The van der Waals surface area contributed by atoms with Crippen molar-refractivity contribution in [2.24, 2.45) is 0 Å². The van der Waals surface area contributed by atoms with Crippen LogP contribution in [-0.4, -0.2) is 0 Å². The summed E-state index contributed by atoms with van der Waals surface area (Å²) in [6.45, 7) is 0. The highest BCUT2D eigenvalue weighted by molar-refractivity contribution is 6.32. The summed E-state index contributed by atoms with van der Waals surface area (Å²) >= 11 is 6.22. The van der Waals surface area contributed by atoms with Crippen molar-refractivity contribution < 1.29 is 0 Å². The summed E-state index contributed by atoms with van der Waals surface area (Å²) in [4.78, 5) is 0. The van der Waals surface area contributed by atoms with Crippen molar-refractivity contribution in [2.75, 3.05) is 0 Å². The number of fused-ring (bicyclic) bond motifs is 5. The number of halogens is 1. The third-order valence-electron chi connectivity index (χ3n) is 4.45. The molecule has 98 valence electrons. The Morgan fingerprint density at radius 1 is 0.571 bits per heavy atom. The van der Waals surface area contributed by atoms with Crippen LogP contribution in [0.25, 0.3) is 43.8 Å². The van der Waals surface area contributed by atoms with Gasteiger partial charge in [0.25, 0.3) is 0 Å². The lowest BCUT2D eigenvalue weighted by atomic mass is 9.97. The van der Waals surface area contributed by atoms with E-state index in [-0.39, 0.29) is 0 Å². The summed E-state index contributed by atoms with van der Waals surface area (Å²) in [6.07, 6.45) is 0. The van der Waals surface area contributed by atoms with Gasteiger partial charge < -0.3 is 0 Å². The zero-order valence-corrected chi connectivity index (χ0v) is 12.0. The van der Waals surface area contributed by atoms with Crippen LogP contribution >= 0.6 is 11.6 Å². The molecule has 0 bridgehead atoms. The molecule has 4 aromatic carbocycles. The van der Waals surface area contributed by atoms with Crippen molar-refractivity contribution in [3.05, 3.63) is 71.8 Å². The van der Waals surface area contributed by atoms with E-state index in [0.29, 0.717) is 0 Å². The Morgan fingerprint density at radius 2 is 1.43 bits per heavy atom. The van der Waals surface area contributed by atoms with E-state index < -0.39 is 0 Å². The van der Waals surface area contributed by atoms with Gasteiger partial charge in [0.15, 0.2) is 0 Å². The van der Waals surface area contributed by atoms with E-state index in [9.17, 15) is 0 Å². The van der Waals surface area contributed by atoms with Gasteiger partial charge in [-0.1, -0.05) is 60.1 Å². The molecule has 0 saturated carbocycles. The molecule has 0 nitrogen and oxygen atoms in total. The average molecular weight is 287 g/mol. The molecule has 0 aliphatic heterocycles. The Morgan fingerprint density at radius 3 is 2.38 bits per heavy atom. The van der Waals surface area contributed by atoms with Gasteiger partial charge in [0.2, 0.25) is 0 Å². The van der Waals surface area contributed by atoms with E-state index in [4.69, 9.17) is 11.6 Å². The van der Waals surface area contributed by atoms with Crippen LogP contribution in [0.2, 0.25) is 5.02 Å². The summed E-state index contributed by atoms with van der Waals surface area (Å²) in [5.41, 5.74) is 5.16. The van der Waals surface area contributed by atoms with Crippen molar-refractivity contribution in [2.45, 2.75) is 0 Å². The minimum Gasteiger partial charge on any atom is -0.0843 e. The molecular formula is C20H11Cl. The van der Waals surface area contributed by atoms with Crippen molar-refractivity contribution in [1.82, 2.24) is 0 Å². The lowest BCUT2D eigenvalue weighted by Crippen LogP contribution is -1.80. The monoisotopic (exact) mass is 286 g/mol. The molecule has 0 spiro atoms. The first-order chi connectivity index (χ1) is 10.3. The highest BCUT2D eigenvalue weighted by Gasteiger charge is 2.22. The van der Waals surface area contributed by atoms with E-state index >= 15 is 0 Å². The van der Waals surface area contributed by atoms with Gasteiger partial charge in [-0.3, -0.25) is 0 Å². The van der Waals surface area contributed by atoms with Crippen LogP contribution in [0.1, 0.15) is 0 Å². The number of rotatable bonds is 0. The molecule has 1 aliphatic rings. The summed E-state index contributed by atoms with van der Waals surface area (Å²) in [7, 11) is 0. The Kier molecular flexibility index (Phi) is 2.09. The first kappa shape index (κ1) is 11.4. The predicted molar refractivity (Wildman–Crippen MR) is 90.9 cm³/mol. The van der Waals surface area contributed by atoms with E-state index in [1.807, 2.05) is 6.07 Å². The lowest BCUT2D eigenvalue weighted by Gasteiger charge is -2.07. The normalized spacial score (nSPS) is 12.0. The maximum absolute atomic E-state index is 6.22. The van der Waals surface area contributed by atoms with E-state index in [2.05, 4.69) is 60.7 Å². The van der Waals surface area contributed by atoms with E-state index in [1.165, 1.54) is 43.8 Å². The minimum absolute atomic E-state index is 0.794. The van der Waals surface area contributed by atoms with Gasteiger partial charge in [-0.15, -0.1) is 0 Å². The molecule has 0 unspecified atom stereocenters. The second kappa shape index (κ2) is 3.87. The molecule has 1 heteroatoms. The van der Waals surface area contributed by atoms with Crippen molar-refractivity contribution in [3.63, 3.8) is 0 Å². The fourth-order valence-electron chi connectivity index (χ4n) is 3.57. The maximum atomic E-state index is 6.22. The second-order valence-electron chi connectivity index (χ2n) is 5.56. The van der Waals surface area contributed by atoms with Crippen molar-refractivity contribution in [1.29, 1.82) is 0 Å². The lowest BCUT2D eigenvalue weighted by molar-refractivity contribution is 1.69. The topological polar surface area (TPSA) is 0 Å². The molecule has 0 amide bonds. The molecule has 0 radical (unpaired) electrons. The van der Waals surface area contributed by atoms with Gasteiger partial charge in [-0.05, 0) is 62.0 Å². The molecule has 4 aromatic rings. The molecule has 0 fully saturated rings. The van der Waals surface area contributed by atoms with Crippen LogP contribution in [-0.2, 0) is 0 Å². The molecule has 0 saturated heterocycles. The molecule has 0 N–H and O–H groups in total. The molecule has 1 aliphatic carbocycles. The predicted octanol–water partition coefficient (Wildman–Crippen LogP) is 6.29. The van der Waals surface area contributed by atoms with Crippen molar-refractivity contribution >= 4 is 33.1 Å². The summed E-state index contributed by atoms with van der Waals surface area (Å²) < 4.78 is 0. The smallest absolute Gasteiger partial charge is 0.0412 e. The largest absolute Gasteiger partial charge is 0.0843 e. The Bertz CT molecular complexity index is 1040. The third-order valence-corrected chi connectivity index (χ3v) is 4.68. The average Bonchev–Trinajstić information content (AvgIpc) is 2.83. The van der Waals surface area contributed by atoms with E-state index in [0.717, 1.165) is 5.02 Å². The molecule has 0 heterocycles. The Balaban J connectivity index is 2.08. The highest BCUT2D eigenvalue weighted by atomic mass is 35.5. The van der Waals surface area contributed by atoms with Gasteiger partial charge in [0.1, 0.15) is 0 Å². The fourth-order valence-corrected chi connectivity index (χ4v) is 3.75. The van der Waals surface area contributed by atoms with Crippen LogP contribution in [0, 0.1) is 0 Å². The van der Waals surface area contributed by atoms with Crippen LogP contribution in [0.4, 0.5) is 0 Å². The Hall–Kier alpha value is -2.31. The zero-order valence-electron chi connectivity index (χ0n) is 11.2. The first-order valence-electron chi connectivity index (χ1n) is 7.08. The maximum Gasteiger partial charge on any atom is 0.0412 e. The number of hydrogen-bond donors (Lipinski definition) is 0. The second-order valence-corrected chi connectivity index (χ2v) is 6.00. The standard InChI is InChI=1S/C20H11Cl/c21-13-8-9-15-17-7-3-6-16-14-5-2-1-4-12(14)10-19(20(16)17)18(15)11-13/h1-11H. The summed E-state index contributed by atoms with van der Waals surface area (Å²) in [6, 6.07) is 23.7. The Labute approximate surface area is 127 Å². The van der Waals surface area contributed by atoms with Crippen molar-refractivity contribution in [3.8, 4) is 22.3 Å². The number of hydrogen-bond acceptors (Lipinski definition) is 0. The van der Waals surface area contributed by atoms with Gasteiger partial charge in [-0.2, -0.15) is 0 Å². The zero-order chi connectivity index (χ0) is 14.0. The molecular weight excluding hydrogens is 276 g/mol. The van der Waals surface area contributed by atoms with Crippen LogP contribution < -0.4 is 0 Å². The molecule has 0 atom stereocenters. The third kappa shape index (κ3) is 1.40. The fraction of sp³-hybridized carbons (Fsp3) is 0. The number of benzene rings is 4. The first-order valence-corrected chi connectivity index (χ1v) is 7.45. The summed E-state index contributed by atoms with van der Waals surface area (Å²) in [5, 5.41) is 6.08. The van der Waals surface area contributed by atoms with Crippen LogP contribution in [0.5, 0.6) is 0 Å². The quantitative estimate of drug-likeness (QED) is 0.293. The van der Waals surface area contributed by atoms with Crippen LogP contribution in [0.15, 0.2) is 66.7 Å². The molecule has 21 heavy (non-hydrogen) atoms. The molecule has 5 rings (SSSR count). The van der Waals surface area contributed by atoms with Gasteiger partial charge >= 0.3 is 0 Å². The minimum atomic E-state index is 0.794.